The normalized spacial score (nSPS) is 11.4. The quantitative estimate of drug-likeness (QED) is 0.153. The number of aromatic nitrogens is 1. The summed E-state index contributed by atoms with van der Waals surface area (Å²) >= 11 is 1.86. The molecule has 0 bridgehead atoms. The Kier molecular flexibility index (Phi) is 8.34. The molecule has 0 saturated heterocycles. The van der Waals surface area contributed by atoms with Gasteiger partial charge in [0, 0.05) is 60.4 Å². The van der Waals surface area contributed by atoms with E-state index in [-0.39, 0.29) is 0 Å². The van der Waals surface area contributed by atoms with E-state index in [4.69, 9.17) is 0 Å². The number of rotatable bonds is 8. The molecule has 0 spiro atoms. The zero-order valence-electron chi connectivity index (χ0n) is 31.6. The van der Waals surface area contributed by atoms with Gasteiger partial charge in [-0.15, -0.1) is 11.3 Å². The Morgan fingerprint density at radius 3 is 1.41 bits per heavy atom. The van der Waals surface area contributed by atoms with E-state index in [0.717, 1.165) is 34.1 Å². The van der Waals surface area contributed by atoms with Gasteiger partial charge in [0.2, 0.25) is 0 Å². The number of hydrogen-bond donors (Lipinski definition) is 0. The molecule has 0 aliphatic carbocycles. The molecule has 274 valence electrons. The average Bonchev–Trinajstić information content (AvgIpc) is 3.83. The molecule has 0 saturated carbocycles. The van der Waals surface area contributed by atoms with E-state index in [0.29, 0.717) is 0 Å². The number of anilines is 6. The second kappa shape index (κ2) is 14.3. The lowest BCUT2D eigenvalue weighted by molar-refractivity contribution is 1.18. The molecule has 0 N–H and O–H groups in total. The second-order valence-corrected chi connectivity index (χ2v) is 15.6. The number of fused-ring (bicyclic) bond motifs is 6. The highest BCUT2D eigenvalue weighted by Gasteiger charge is 2.23. The van der Waals surface area contributed by atoms with Gasteiger partial charge in [-0.3, -0.25) is 0 Å². The van der Waals surface area contributed by atoms with Crippen LogP contribution in [0.2, 0.25) is 0 Å². The van der Waals surface area contributed by atoms with Crippen LogP contribution in [0.15, 0.2) is 224 Å². The van der Waals surface area contributed by atoms with Crippen molar-refractivity contribution in [3.05, 3.63) is 224 Å². The Balaban J connectivity index is 1.16. The highest BCUT2D eigenvalue weighted by molar-refractivity contribution is 7.26. The molecule has 2 aromatic heterocycles. The van der Waals surface area contributed by atoms with Crippen molar-refractivity contribution in [3.63, 3.8) is 0 Å². The fourth-order valence-electron chi connectivity index (χ4n) is 8.51. The smallest absolute Gasteiger partial charge is 0.0661 e. The van der Waals surface area contributed by atoms with Crippen molar-refractivity contribution in [3.8, 4) is 16.8 Å². The Labute approximate surface area is 341 Å². The standard InChI is InChI=1S/C54H37N3S/c1-6-18-40(19-7-1)55(41-20-8-2-9-21-41)45-36-49-48-35-39(38-30-32-51-47(34-38)46-28-16-17-29-50(46)57(51)44-26-14-5-15-27-44)31-33-53(48)58-54(49)52(37-45)56(42-22-10-3-11-23-42)43-24-12-4-13-25-43/h1-37H. The maximum Gasteiger partial charge on any atom is 0.0661 e. The molecule has 0 aliphatic heterocycles. The van der Waals surface area contributed by atoms with Gasteiger partial charge in [-0.25, -0.2) is 0 Å². The Morgan fingerprint density at radius 2 is 0.810 bits per heavy atom. The van der Waals surface area contributed by atoms with Crippen molar-refractivity contribution in [2.45, 2.75) is 0 Å². The number of para-hydroxylation sites is 6. The van der Waals surface area contributed by atoms with Crippen LogP contribution in [-0.2, 0) is 0 Å². The van der Waals surface area contributed by atoms with Crippen molar-refractivity contribution in [2.24, 2.45) is 0 Å². The predicted octanol–water partition coefficient (Wildman–Crippen LogP) is 15.8. The van der Waals surface area contributed by atoms with Gasteiger partial charge in [0.25, 0.3) is 0 Å². The van der Waals surface area contributed by atoms with E-state index < -0.39 is 0 Å². The van der Waals surface area contributed by atoms with Crippen molar-refractivity contribution < 1.29 is 0 Å². The molecule has 2 heterocycles. The summed E-state index contributed by atoms with van der Waals surface area (Å²) in [5, 5.41) is 4.97. The van der Waals surface area contributed by atoms with Crippen LogP contribution in [0.3, 0.4) is 0 Å². The minimum absolute atomic E-state index is 1.09. The highest BCUT2D eigenvalue weighted by atomic mass is 32.1. The molecule has 58 heavy (non-hydrogen) atoms. The van der Waals surface area contributed by atoms with E-state index in [9.17, 15) is 0 Å². The number of benzene rings is 9. The molecule has 0 radical (unpaired) electrons. The van der Waals surface area contributed by atoms with Crippen LogP contribution >= 0.6 is 11.3 Å². The Hall–Kier alpha value is -7.40. The van der Waals surface area contributed by atoms with Crippen molar-refractivity contribution in [1.82, 2.24) is 4.57 Å². The molecule has 0 fully saturated rings. The van der Waals surface area contributed by atoms with Crippen LogP contribution in [0.5, 0.6) is 0 Å². The van der Waals surface area contributed by atoms with E-state index in [1.54, 1.807) is 0 Å². The van der Waals surface area contributed by atoms with E-state index in [1.165, 1.54) is 58.8 Å². The molecule has 0 amide bonds. The van der Waals surface area contributed by atoms with Crippen molar-refractivity contribution in [2.75, 3.05) is 9.80 Å². The molecule has 0 atom stereocenters. The molecule has 0 aliphatic rings. The Bertz CT molecular complexity index is 3130. The van der Waals surface area contributed by atoms with Gasteiger partial charge in [-0.2, -0.15) is 0 Å². The number of thiophene rings is 1. The minimum Gasteiger partial charge on any atom is -0.310 e. The minimum atomic E-state index is 1.09. The lowest BCUT2D eigenvalue weighted by atomic mass is 10.00. The molecule has 3 nitrogen and oxygen atoms in total. The summed E-state index contributed by atoms with van der Waals surface area (Å²) in [5.74, 6) is 0. The summed E-state index contributed by atoms with van der Waals surface area (Å²) in [6, 6.07) is 81.0. The summed E-state index contributed by atoms with van der Waals surface area (Å²) in [7, 11) is 0. The summed E-state index contributed by atoms with van der Waals surface area (Å²) in [4.78, 5) is 4.79. The third-order valence-electron chi connectivity index (χ3n) is 11.1. The van der Waals surface area contributed by atoms with E-state index in [1.807, 2.05) is 11.3 Å². The fourth-order valence-corrected chi connectivity index (χ4v) is 9.68. The van der Waals surface area contributed by atoms with E-state index >= 15 is 0 Å². The van der Waals surface area contributed by atoms with E-state index in [2.05, 4.69) is 239 Å². The summed E-state index contributed by atoms with van der Waals surface area (Å²) in [6.45, 7) is 0. The van der Waals surface area contributed by atoms with Gasteiger partial charge in [0.15, 0.2) is 0 Å². The summed E-state index contributed by atoms with van der Waals surface area (Å²) in [6.07, 6.45) is 0. The van der Waals surface area contributed by atoms with Crippen LogP contribution in [0.4, 0.5) is 34.1 Å². The number of hydrogen-bond acceptors (Lipinski definition) is 3. The Morgan fingerprint density at radius 1 is 0.328 bits per heavy atom. The molecule has 0 unspecified atom stereocenters. The molecule has 11 aromatic rings. The molecular formula is C54H37N3S. The van der Waals surface area contributed by atoms with Gasteiger partial charge in [-0.05, 0) is 114 Å². The van der Waals surface area contributed by atoms with Crippen LogP contribution in [-0.4, -0.2) is 4.57 Å². The highest BCUT2D eigenvalue weighted by Crippen LogP contribution is 2.49. The largest absolute Gasteiger partial charge is 0.310 e. The third-order valence-corrected chi connectivity index (χ3v) is 12.3. The first-order valence-corrected chi connectivity index (χ1v) is 20.5. The van der Waals surface area contributed by atoms with Crippen LogP contribution < -0.4 is 9.80 Å². The molecule has 9 aromatic carbocycles. The van der Waals surface area contributed by atoms with Crippen LogP contribution in [0.1, 0.15) is 0 Å². The summed E-state index contributed by atoms with van der Waals surface area (Å²) in [5.41, 5.74) is 12.6. The molecule has 4 heteroatoms. The third kappa shape index (κ3) is 5.82. The second-order valence-electron chi connectivity index (χ2n) is 14.6. The first-order valence-electron chi connectivity index (χ1n) is 19.7. The van der Waals surface area contributed by atoms with Crippen LogP contribution in [0.25, 0.3) is 58.8 Å². The topological polar surface area (TPSA) is 11.4 Å². The predicted molar refractivity (Wildman–Crippen MR) is 248 cm³/mol. The lowest BCUT2D eigenvalue weighted by Gasteiger charge is -2.30. The summed E-state index contributed by atoms with van der Waals surface area (Å²) < 4.78 is 4.88. The van der Waals surface area contributed by atoms with Gasteiger partial charge >= 0.3 is 0 Å². The first-order chi connectivity index (χ1) is 28.8. The average molecular weight is 760 g/mol. The van der Waals surface area contributed by atoms with Crippen molar-refractivity contribution in [1.29, 1.82) is 0 Å². The lowest BCUT2D eigenvalue weighted by Crippen LogP contribution is -2.13. The fraction of sp³-hybridized carbons (Fsp3) is 0. The monoisotopic (exact) mass is 759 g/mol. The first kappa shape index (κ1) is 33.9. The SMILES string of the molecule is c1ccc(N(c2ccccc2)c2cc(N(c3ccccc3)c3ccccc3)c3sc4ccc(-c5ccc6c(c5)c5ccccc5n6-c5ccccc5)cc4c3c2)cc1. The van der Waals surface area contributed by atoms with Gasteiger partial charge in [0.05, 0.1) is 21.4 Å². The zero-order valence-corrected chi connectivity index (χ0v) is 32.4. The molecule has 11 rings (SSSR count). The maximum atomic E-state index is 2.41. The maximum absolute atomic E-state index is 2.41. The molecular weight excluding hydrogens is 723 g/mol. The van der Waals surface area contributed by atoms with Gasteiger partial charge in [-0.1, -0.05) is 121 Å². The van der Waals surface area contributed by atoms with Gasteiger partial charge < -0.3 is 14.4 Å². The van der Waals surface area contributed by atoms with Crippen molar-refractivity contribution >= 4 is 87.4 Å². The number of nitrogens with zero attached hydrogens (tertiary/aromatic N) is 3. The zero-order chi connectivity index (χ0) is 38.4. The van der Waals surface area contributed by atoms with Crippen LogP contribution in [0, 0.1) is 0 Å². The van der Waals surface area contributed by atoms with Gasteiger partial charge in [0.1, 0.15) is 0 Å².